The summed E-state index contributed by atoms with van der Waals surface area (Å²) in [6.45, 7) is 5.14. The maximum absolute atomic E-state index is 13.8. The quantitative estimate of drug-likeness (QED) is 0.246. The monoisotopic (exact) mass is 599 g/mol. The number of hydrogen-bond donors (Lipinski definition) is 3. The lowest BCUT2D eigenvalue weighted by Crippen LogP contribution is -2.68. The van der Waals surface area contributed by atoms with Gasteiger partial charge in [0.2, 0.25) is 10.0 Å². The van der Waals surface area contributed by atoms with E-state index in [0.29, 0.717) is 24.2 Å². The maximum atomic E-state index is 13.8. The van der Waals surface area contributed by atoms with Crippen molar-refractivity contribution in [2.24, 2.45) is 5.41 Å². The molecule has 0 spiro atoms. The molecule has 0 saturated heterocycles. The predicted molar refractivity (Wildman–Crippen MR) is 161 cm³/mol. The Morgan fingerprint density at radius 3 is 2.26 bits per heavy atom. The SMILES string of the molecule is COc1ccc(S(=O)(=O)NC(Cc2ccccc2)(NC(=O)OC(C)(C)C)C(O)CCC2(CCC#N)CCCCC2)cc1. The second kappa shape index (κ2) is 14.4. The highest BCUT2D eigenvalue weighted by Gasteiger charge is 2.45. The molecular formula is C32H45N3O6S. The molecule has 1 amide bonds. The van der Waals surface area contributed by atoms with Gasteiger partial charge in [0.1, 0.15) is 17.0 Å². The van der Waals surface area contributed by atoms with Gasteiger partial charge in [-0.3, -0.25) is 5.32 Å². The van der Waals surface area contributed by atoms with E-state index in [4.69, 9.17) is 9.47 Å². The first-order chi connectivity index (χ1) is 19.8. The Morgan fingerprint density at radius 2 is 1.69 bits per heavy atom. The second-order valence-corrected chi connectivity index (χ2v) is 14.0. The second-order valence-electron chi connectivity index (χ2n) is 12.3. The van der Waals surface area contributed by atoms with Crippen molar-refractivity contribution < 1.29 is 27.8 Å². The first kappa shape index (κ1) is 33.4. The minimum Gasteiger partial charge on any atom is -0.497 e. The number of methoxy groups -OCH3 is 1. The van der Waals surface area contributed by atoms with Crippen LogP contribution in [-0.2, 0) is 21.2 Å². The van der Waals surface area contributed by atoms with Crippen LogP contribution in [0, 0.1) is 16.7 Å². The average Bonchev–Trinajstić information content (AvgIpc) is 2.94. The minimum atomic E-state index is -4.25. The molecule has 3 N–H and O–H groups in total. The summed E-state index contributed by atoms with van der Waals surface area (Å²) in [5.41, 5.74) is -2.10. The predicted octanol–water partition coefficient (Wildman–Crippen LogP) is 5.83. The van der Waals surface area contributed by atoms with Crippen LogP contribution in [-0.4, -0.2) is 44.1 Å². The zero-order valence-electron chi connectivity index (χ0n) is 25.2. The number of nitrogens with zero attached hydrogens (tertiary/aromatic N) is 1. The molecule has 0 aromatic heterocycles. The number of rotatable bonds is 13. The Morgan fingerprint density at radius 1 is 1.05 bits per heavy atom. The highest BCUT2D eigenvalue weighted by Crippen LogP contribution is 2.44. The van der Waals surface area contributed by atoms with Crippen molar-refractivity contribution in [3.63, 3.8) is 0 Å². The lowest BCUT2D eigenvalue weighted by molar-refractivity contribution is 0.00575. The first-order valence-corrected chi connectivity index (χ1v) is 16.1. The number of carbonyl (C=O) groups excluding carboxylic acids is 1. The summed E-state index contributed by atoms with van der Waals surface area (Å²) in [7, 11) is -2.76. The van der Waals surface area contributed by atoms with E-state index in [2.05, 4.69) is 16.1 Å². The molecule has 1 aliphatic rings. The molecule has 2 aromatic rings. The van der Waals surface area contributed by atoms with E-state index < -0.39 is 33.5 Å². The number of aliphatic hydroxyl groups is 1. The number of nitriles is 1. The summed E-state index contributed by atoms with van der Waals surface area (Å²) < 4.78 is 41.1. The minimum absolute atomic E-state index is 0.0329. The summed E-state index contributed by atoms with van der Waals surface area (Å²) in [5, 5.41) is 24.0. The van der Waals surface area contributed by atoms with Gasteiger partial charge in [-0.05, 0) is 88.1 Å². The number of alkyl carbamates (subject to hydrolysis) is 1. The van der Waals surface area contributed by atoms with Crippen LogP contribution in [0.4, 0.5) is 4.79 Å². The van der Waals surface area contributed by atoms with Gasteiger partial charge >= 0.3 is 6.09 Å². The van der Waals surface area contributed by atoms with Crippen LogP contribution in [0.1, 0.15) is 84.1 Å². The fourth-order valence-corrected chi connectivity index (χ4v) is 7.12. The molecule has 230 valence electrons. The highest BCUT2D eigenvalue weighted by atomic mass is 32.2. The molecule has 3 rings (SSSR count). The van der Waals surface area contributed by atoms with Gasteiger partial charge < -0.3 is 14.6 Å². The molecule has 0 aliphatic heterocycles. The number of sulfonamides is 1. The van der Waals surface area contributed by atoms with Crippen LogP contribution < -0.4 is 14.8 Å². The Kier molecular flexibility index (Phi) is 11.4. The lowest BCUT2D eigenvalue weighted by Gasteiger charge is -2.42. The molecule has 1 aliphatic carbocycles. The number of nitrogens with one attached hydrogen (secondary N) is 2. The molecule has 2 aromatic carbocycles. The normalized spacial score (nSPS) is 17.3. The van der Waals surface area contributed by atoms with Crippen molar-refractivity contribution >= 4 is 16.1 Å². The summed E-state index contributed by atoms with van der Waals surface area (Å²) >= 11 is 0. The van der Waals surface area contributed by atoms with Crippen molar-refractivity contribution in [3.05, 3.63) is 60.2 Å². The van der Waals surface area contributed by atoms with E-state index >= 15 is 0 Å². The van der Waals surface area contributed by atoms with Crippen LogP contribution in [0.5, 0.6) is 5.75 Å². The Labute approximate surface area is 250 Å². The topological polar surface area (TPSA) is 138 Å². The summed E-state index contributed by atoms with van der Waals surface area (Å²) in [6, 6.07) is 17.3. The van der Waals surface area contributed by atoms with Crippen molar-refractivity contribution in [3.8, 4) is 11.8 Å². The fraction of sp³-hybridized carbons (Fsp3) is 0.562. The third-order valence-electron chi connectivity index (χ3n) is 7.93. The Hall–Kier alpha value is -3.13. The third-order valence-corrected chi connectivity index (χ3v) is 9.46. The molecular weight excluding hydrogens is 554 g/mol. The molecule has 0 radical (unpaired) electrons. The number of carbonyl (C=O) groups is 1. The average molecular weight is 600 g/mol. The van der Waals surface area contributed by atoms with Crippen LogP contribution in [0.15, 0.2) is 59.5 Å². The maximum Gasteiger partial charge on any atom is 0.409 e. The Bertz CT molecular complexity index is 1300. The zero-order chi connectivity index (χ0) is 30.9. The molecule has 2 unspecified atom stereocenters. The number of amides is 1. The van der Waals surface area contributed by atoms with Gasteiger partial charge in [-0.2, -0.15) is 9.98 Å². The highest BCUT2D eigenvalue weighted by molar-refractivity contribution is 7.89. The largest absolute Gasteiger partial charge is 0.497 e. The molecule has 9 nitrogen and oxygen atoms in total. The van der Waals surface area contributed by atoms with Gasteiger partial charge in [0.25, 0.3) is 0 Å². The summed E-state index contributed by atoms with van der Waals surface area (Å²) in [5.74, 6) is 0.492. The van der Waals surface area contributed by atoms with Crippen molar-refractivity contribution in [1.29, 1.82) is 5.26 Å². The van der Waals surface area contributed by atoms with Crippen LogP contribution in [0.3, 0.4) is 0 Å². The summed E-state index contributed by atoms with van der Waals surface area (Å²) in [4.78, 5) is 13.2. The van der Waals surface area contributed by atoms with Gasteiger partial charge in [-0.15, -0.1) is 0 Å². The van der Waals surface area contributed by atoms with Crippen LogP contribution in [0.25, 0.3) is 0 Å². The van der Waals surface area contributed by atoms with Crippen LogP contribution >= 0.6 is 0 Å². The lowest BCUT2D eigenvalue weighted by atomic mass is 9.68. The van der Waals surface area contributed by atoms with E-state index in [1.54, 1.807) is 20.8 Å². The van der Waals surface area contributed by atoms with Gasteiger partial charge in [-0.25, -0.2) is 13.2 Å². The van der Waals surface area contributed by atoms with E-state index in [9.17, 15) is 23.6 Å². The Balaban J connectivity index is 2.04. The van der Waals surface area contributed by atoms with Gasteiger partial charge in [0.15, 0.2) is 0 Å². The molecule has 1 saturated carbocycles. The van der Waals surface area contributed by atoms with E-state index in [-0.39, 0.29) is 23.2 Å². The number of ether oxygens (including phenoxy) is 2. The summed E-state index contributed by atoms with van der Waals surface area (Å²) in [6.07, 6.45) is 4.87. The number of benzene rings is 2. The first-order valence-electron chi connectivity index (χ1n) is 14.6. The van der Waals surface area contributed by atoms with E-state index in [0.717, 1.165) is 38.5 Å². The van der Waals surface area contributed by atoms with Crippen LogP contribution in [0.2, 0.25) is 0 Å². The molecule has 0 heterocycles. The molecule has 0 bridgehead atoms. The van der Waals surface area contributed by atoms with E-state index in [1.807, 2.05) is 30.3 Å². The molecule has 42 heavy (non-hydrogen) atoms. The van der Waals surface area contributed by atoms with Gasteiger partial charge in [-0.1, -0.05) is 49.6 Å². The standard InChI is InChI=1S/C32H45N3O6S/c1-30(2,3)41-29(37)34-32(24-25-12-7-5-8-13-25,35-42(38,39)27-16-14-26(40-4)15-17-27)28(36)18-22-31(21-11-23-33)19-9-6-10-20-31/h5,7-8,12-17,28,35-36H,6,9-11,18-22,24H2,1-4H3,(H,34,37). The van der Waals surface area contributed by atoms with Gasteiger partial charge in [0.05, 0.1) is 24.2 Å². The van der Waals surface area contributed by atoms with Crippen molar-refractivity contribution in [2.75, 3.05) is 7.11 Å². The smallest absolute Gasteiger partial charge is 0.409 e. The van der Waals surface area contributed by atoms with Gasteiger partial charge in [0, 0.05) is 12.8 Å². The van der Waals surface area contributed by atoms with Crippen molar-refractivity contribution in [2.45, 2.75) is 107 Å². The number of hydrogen-bond acceptors (Lipinski definition) is 7. The zero-order valence-corrected chi connectivity index (χ0v) is 26.0. The molecule has 10 heteroatoms. The molecule has 1 fully saturated rings. The van der Waals surface area contributed by atoms with E-state index in [1.165, 1.54) is 31.4 Å². The molecule has 2 atom stereocenters. The number of aliphatic hydroxyl groups excluding tert-OH is 1. The van der Waals surface area contributed by atoms with Crippen molar-refractivity contribution in [1.82, 2.24) is 10.0 Å². The third kappa shape index (κ3) is 9.45. The fourth-order valence-electron chi connectivity index (χ4n) is 5.77.